The summed E-state index contributed by atoms with van der Waals surface area (Å²) >= 11 is 0. The minimum absolute atomic E-state index is 0.122. The highest BCUT2D eigenvalue weighted by atomic mass is 32.2. The van der Waals surface area contributed by atoms with Gasteiger partial charge in [-0.25, -0.2) is 17.8 Å². The first-order chi connectivity index (χ1) is 13.4. The van der Waals surface area contributed by atoms with E-state index in [1.165, 1.54) is 23.8 Å². The number of benzene rings is 3. The average Bonchev–Trinajstić information content (AvgIpc) is 2.68. The summed E-state index contributed by atoms with van der Waals surface area (Å²) in [6.45, 7) is 2.04. The standard InChI is InChI=1S/C22H17FN2O2S/c1-15-5-11-22-17(13-15)8-12-21(24-22)16-6-9-19(10-7-16)25-28(26,27)20-4-2-3-18(23)14-20/h2-14,25H,1H3. The molecule has 0 aliphatic heterocycles. The van der Waals surface area contributed by atoms with Crippen LogP contribution in [0.4, 0.5) is 10.1 Å². The molecule has 3 aromatic carbocycles. The third kappa shape index (κ3) is 3.73. The molecule has 0 spiro atoms. The molecule has 1 heterocycles. The summed E-state index contributed by atoms with van der Waals surface area (Å²) in [5.41, 5.74) is 4.15. The molecular weight excluding hydrogens is 375 g/mol. The zero-order valence-corrected chi connectivity index (χ0v) is 15.9. The monoisotopic (exact) mass is 392 g/mol. The van der Waals surface area contributed by atoms with Crippen molar-refractivity contribution in [3.63, 3.8) is 0 Å². The van der Waals surface area contributed by atoms with E-state index in [0.29, 0.717) is 5.69 Å². The molecule has 4 nitrogen and oxygen atoms in total. The van der Waals surface area contributed by atoms with Crippen molar-refractivity contribution < 1.29 is 12.8 Å². The van der Waals surface area contributed by atoms with Gasteiger partial charge in [0, 0.05) is 16.6 Å². The summed E-state index contributed by atoms with van der Waals surface area (Å²) in [7, 11) is -3.85. The normalized spacial score (nSPS) is 11.5. The van der Waals surface area contributed by atoms with Gasteiger partial charge in [0.25, 0.3) is 10.0 Å². The van der Waals surface area contributed by atoms with E-state index in [0.717, 1.165) is 28.2 Å². The Hall–Kier alpha value is -3.25. The fourth-order valence-corrected chi connectivity index (χ4v) is 4.05. The predicted octanol–water partition coefficient (Wildman–Crippen LogP) is 5.15. The molecule has 1 N–H and O–H groups in total. The van der Waals surface area contributed by atoms with Gasteiger partial charge in [0.05, 0.1) is 16.1 Å². The maximum atomic E-state index is 13.3. The van der Waals surface area contributed by atoms with E-state index in [1.807, 2.05) is 31.2 Å². The van der Waals surface area contributed by atoms with E-state index < -0.39 is 15.8 Å². The summed E-state index contributed by atoms with van der Waals surface area (Å²) < 4.78 is 40.6. The Morgan fingerprint density at radius 2 is 1.68 bits per heavy atom. The topological polar surface area (TPSA) is 59.1 Å². The van der Waals surface area contributed by atoms with E-state index in [2.05, 4.69) is 15.8 Å². The first kappa shape index (κ1) is 18.1. The summed E-state index contributed by atoms with van der Waals surface area (Å²) in [4.78, 5) is 4.55. The summed E-state index contributed by atoms with van der Waals surface area (Å²) in [6, 6.07) is 21.8. The highest BCUT2D eigenvalue weighted by Gasteiger charge is 2.15. The molecule has 0 fully saturated rings. The van der Waals surface area contributed by atoms with E-state index >= 15 is 0 Å². The molecule has 6 heteroatoms. The van der Waals surface area contributed by atoms with Crippen LogP contribution in [0.25, 0.3) is 22.2 Å². The number of rotatable bonds is 4. The maximum absolute atomic E-state index is 13.3. The molecule has 0 unspecified atom stereocenters. The van der Waals surface area contributed by atoms with Gasteiger partial charge >= 0.3 is 0 Å². The van der Waals surface area contributed by atoms with E-state index in [4.69, 9.17) is 0 Å². The number of nitrogens with zero attached hydrogens (tertiary/aromatic N) is 1. The van der Waals surface area contributed by atoms with Gasteiger partial charge < -0.3 is 0 Å². The van der Waals surface area contributed by atoms with Crippen LogP contribution in [0, 0.1) is 12.7 Å². The number of pyridine rings is 1. The minimum atomic E-state index is -3.85. The van der Waals surface area contributed by atoms with Gasteiger partial charge in [-0.2, -0.15) is 0 Å². The molecule has 1 aromatic heterocycles. The van der Waals surface area contributed by atoms with Gasteiger partial charge in [0.2, 0.25) is 0 Å². The van der Waals surface area contributed by atoms with Crippen molar-refractivity contribution in [2.75, 3.05) is 4.72 Å². The molecule has 0 aliphatic rings. The molecular formula is C22H17FN2O2S. The maximum Gasteiger partial charge on any atom is 0.261 e. The van der Waals surface area contributed by atoms with Crippen molar-refractivity contribution in [2.45, 2.75) is 11.8 Å². The second-order valence-corrected chi connectivity index (χ2v) is 8.22. The quantitative estimate of drug-likeness (QED) is 0.522. The van der Waals surface area contributed by atoms with Crippen molar-refractivity contribution in [1.29, 1.82) is 0 Å². The van der Waals surface area contributed by atoms with Crippen LogP contribution in [-0.2, 0) is 10.0 Å². The van der Waals surface area contributed by atoms with Crippen LogP contribution < -0.4 is 4.72 Å². The predicted molar refractivity (Wildman–Crippen MR) is 109 cm³/mol. The number of hydrogen-bond donors (Lipinski definition) is 1. The van der Waals surface area contributed by atoms with Crippen LogP contribution in [0.1, 0.15) is 5.56 Å². The zero-order chi connectivity index (χ0) is 19.7. The van der Waals surface area contributed by atoms with Crippen molar-refractivity contribution in [1.82, 2.24) is 4.98 Å². The number of anilines is 1. The van der Waals surface area contributed by atoms with Gasteiger partial charge in [0.15, 0.2) is 0 Å². The van der Waals surface area contributed by atoms with Crippen LogP contribution in [0.2, 0.25) is 0 Å². The van der Waals surface area contributed by atoms with Gasteiger partial charge in [-0.3, -0.25) is 4.72 Å². The van der Waals surface area contributed by atoms with Crippen LogP contribution in [0.5, 0.6) is 0 Å². The van der Waals surface area contributed by atoms with Crippen LogP contribution in [-0.4, -0.2) is 13.4 Å². The number of sulfonamides is 1. The van der Waals surface area contributed by atoms with Gasteiger partial charge in [-0.1, -0.05) is 35.9 Å². The SMILES string of the molecule is Cc1ccc2nc(-c3ccc(NS(=O)(=O)c4cccc(F)c4)cc3)ccc2c1. The molecule has 0 aliphatic carbocycles. The molecule has 4 rings (SSSR count). The second kappa shape index (κ2) is 7.05. The third-order valence-corrected chi connectivity index (χ3v) is 5.76. The second-order valence-electron chi connectivity index (χ2n) is 6.53. The van der Waals surface area contributed by atoms with Crippen molar-refractivity contribution in [3.05, 3.63) is 90.2 Å². The average molecular weight is 392 g/mol. The van der Waals surface area contributed by atoms with E-state index in [-0.39, 0.29) is 4.90 Å². The molecule has 0 saturated carbocycles. The molecule has 140 valence electrons. The lowest BCUT2D eigenvalue weighted by atomic mass is 10.1. The van der Waals surface area contributed by atoms with Crippen molar-refractivity contribution in [3.8, 4) is 11.3 Å². The van der Waals surface area contributed by atoms with Gasteiger partial charge in [0.1, 0.15) is 5.82 Å². The van der Waals surface area contributed by atoms with E-state index in [9.17, 15) is 12.8 Å². The molecule has 0 atom stereocenters. The van der Waals surface area contributed by atoms with E-state index in [1.54, 1.807) is 24.3 Å². The lowest BCUT2D eigenvalue weighted by Crippen LogP contribution is -2.13. The summed E-state index contributed by atoms with van der Waals surface area (Å²) in [5.74, 6) is -0.601. The fraction of sp³-hybridized carbons (Fsp3) is 0.0455. The Morgan fingerprint density at radius 3 is 2.43 bits per heavy atom. The minimum Gasteiger partial charge on any atom is -0.280 e. The molecule has 28 heavy (non-hydrogen) atoms. The Bertz CT molecular complexity index is 1270. The number of hydrogen-bond acceptors (Lipinski definition) is 3. The fourth-order valence-electron chi connectivity index (χ4n) is 2.96. The zero-order valence-electron chi connectivity index (χ0n) is 15.1. The smallest absolute Gasteiger partial charge is 0.261 e. The summed E-state index contributed by atoms with van der Waals surface area (Å²) in [5, 5.41) is 1.07. The lowest BCUT2D eigenvalue weighted by Gasteiger charge is -2.09. The van der Waals surface area contributed by atoms with Crippen LogP contribution >= 0.6 is 0 Å². The lowest BCUT2D eigenvalue weighted by molar-refractivity contribution is 0.595. The highest BCUT2D eigenvalue weighted by Crippen LogP contribution is 2.24. The van der Waals surface area contributed by atoms with Gasteiger partial charge in [-0.05, 0) is 55.5 Å². The first-order valence-electron chi connectivity index (χ1n) is 8.67. The number of fused-ring (bicyclic) bond motifs is 1. The number of aromatic nitrogens is 1. The molecule has 0 radical (unpaired) electrons. The Kier molecular flexibility index (Phi) is 4.57. The number of aryl methyl sites for hydroxylation is 1. The number of nitrogens with one attached hydrogen (secondary N) is 1. The molecule has 0 saturated heterocycles. The third-order valence-electron chi connectivity index (χ3n) is 4.38. The van der Waals surface area contributed by atoms with Crippen molar-refractivity contribution in [2.24, 2.45) is 0 Å². The highest BCUT2D eigenvalue weighted by molar-refractivity contribution is 7.92. The van der Waals surface area contributed by atoms with Crippen LogP contribution in [0.15, 0.2) is 83.8 Å². The molecule has 0 amide bonds. The van der Waals surface area contributed by atoms with Crippen molar-refractivity contribution >= 4 is 26.6 Å². The Labute approximate surface area is 162 Å². The molecule has 0 bridgehead atoms. The summed E-state index contributed by atoms with van der Waals surface area (Å²) in [6.07, 6.45) is 0. The van der Waals surface area contributed by atoms with Crippen LogP contribution in [0.3, 0.4) is 0 Å². The first-order valence-corrected chi connectivity index (χ1v) is 10.2. The number of halogens is 1. The Balaban J connectivity index is 1.59. The van der Waals surface area contributed by atoms with Gasteiger partial charge in [-0.15, -0.1) is 0 Å². The largest absolute Gasteiger partial charge is 0.280 e. The Morgan fingerprint density at radius 1 is 0.893 bits per heavy atom. The molecule has 4 aromatic rings.